The molecule has 1 saturated heterocycles. The van der Waals surface area contributed by atoms with Crippen LogP contribution in [0.15, 0.2) is 10.2 Å². The first-order valence-electron chi connectivity index (χ1n) is 3.94. The van der Waals surface area contributed by atoms with E-state index in [1.54, 1.807) is 0 Å². The molecule has 0 aromatic carbocycles. The Balaban J connectivity index is 3.26. The normalized spacial score (nSPS) is 25.8. The molecule has 4 nitrogen and oxygen atoms in total. The summed E-state index contributed by atoms with van der Waals surface area (Å²) in [6.45, 7) is 0. The molecule has 0 aromatic heterocycles. The second kappa shape index (κ2) is 4.20. The first-order chi connectivity index (χ1) is 6.84. The second-order valence-corrected chi connectivity index (χ2v) is 4.63. The van der Waals surface area contributed by atoms with Gasteiger partial charge in [0.2, 0.25) is 5.91 Å². The maximum Gasteiger partial charge on any atom is 0.333 e. The number of methoxy groups -OCH3 is 1. The van der Waals surface area contributed by atoms with Crippen molar-refractivity contribution < 1.29 is 14.3 Å². The van der Waals surface area contributed by atoms with Crippen molar-refractivity contribution in [2.45, 2.75) is 11.3 Å². The zero-order valence-corrected chi connectivity index (χ0v) is 10.3. The molecule has 1 heterocycles. The van der Waals surface area contributed by atoms with Crippen LogP contribution in [0.25, 0.3) is 0 Å². The average molecular weight is 273 g/mol. The second-order valence-electron chi connectivity index (χ2n) is 3.03. The fourth-order valence-electron chi connectivity index (χ4n) is 1.41. The molecule has 1 unspecified atom stereocenters. The summed E-state index contributed by atoms with van der Waals surface area (Å²) in [5, 5.41) is 0. The Bertz CT molecular complexity index is 351. The number of carbonyl (C=O) groups excluding carboxylic acids is 2. The largest absolute Gasteiger partial charge is 0.467 e. The SMILES string of the molecule is COC(=O)C1(Cl)CC(=O)N(C)C1=C(Cl)Cl. The minimum absolute atomic E-state index is 0.0596. The van der Waals surface area contributed by atoms with E-state index < -0.39 is 10.8 Å². The summed E-state index contributed by atoms with van der Waals surface area (Å²) >= 11 is 17.2. The highest BCUT2D eigenvalue weighted by atomic mass is 35.5. The minimum atomic E-state index is -1.61. The molecule has 15 heavy (non-hydrogen) atoms. The van der Waals surface area contributed by atoms with Gasteiger partial charge in [-0.15, -0.1) is 0 Å². The summed E-state index contributed by atoms with van der Waals surface area (Å²) in [4.78, 5) is 22.4. The third-order valence-electron chi connectivity index (χ3n) is 2.17. The van der Waals surface area contributed by atoms with Crippen molar-refractivity contribution in [3.63, 3.8) is 0 Å². The predicted octanol–water partition coefficient (Wildman–Crippen LogP) is 1.65. The molecule has 1 atom stereocenters. The van der Waals surface area contributed by atoms with Crippen molar-refractivity contribution in [2.24, 2.45) is 0 Å². The molecule has 0 N–H and O–H groups in total. The Labute approximate surface area is 102 Å². The van der Waals surface area contributed by atoms with E-state index in [2.05, 4.69) is 4.74 Å². The van der Waals surface area contributed by atoms with E-state index in [9.17, 15) is 9.59 Å². The summed E-state index contributed by atoms with van der Waals surface area (Å²) in [7, 11) is 2.62. The molecule has 0 aliphatic carbocycles. The fourth-order valence-corrected chi connectivity index (χ4v) is 2.49. The lowest BCUT2D eigenvalue weighted by Gasteiger charge is -2.21. The number of nitrogens with zero attached hydrogens (tertiary/aromatic N) is 1. The summed E-state index contributed by atoms with van der Waals surface area (Å²) in [6.07, 6.45) is -0.212. The van der Waals surface area contributed by atoms with Crippen LogP contribution in [0.1, 0.15) is 6.42 Å². The zero-order chi connectivity index (χ0) is 11.8. The first-order valence-corrected chi connectivity index (χ1v) is 5.07. The standard InChI is InChI=1S/C8H8Cl3NO3/c1-12-4(13)3-8(11,7(14)15-2)5(12)6(9)10/h3H2,1-2H3. The smallest absolute Gasteiger partial charge is 0.333 e. The number of amides is 1. The van der Waals surface area contributed by atoms with Crippen LogP contribution in [0.2, 0.25) is 0 Å². The van der Waals surface area contributed by atoms with Gasteiger partial charge in [0.25, 0.3) is 0 Å². The summed E-state index contributed by atoms with van der Waals surface area (Å²) in [5.41, 5.74) is 0.0596. The van der Waals surface area contributed by atoms with Crippen LogP contribution in [-0.2, 0) is 14.3 Å². The van der Waals surface area contributed by atoms with E-state index in [1.807, 2.05) is 0 Å². The predicted molar refractivity (Wildman–Crippen MR) is 56.7 cm³/mol. The Kier molecular flexibility index (Phi) is 3.53. The highest BCUT2D eigenvalue weighted by Crippen LogP contribution is 2.42. The van der Waals surface area contributed by atoms with E-state index in [0.717, 1.165) is 4.90 Å². The van der Waals surface area contributed by atoms with Gasteiger partial charge in [0.15, 0.2) is 4.87 Å². The van der Waals surface area contributed by atoms with E-state index in [1.165, 1.54) is 14.2 Å². The van der Waals surface area contributed by atoms with Gasteiger partial charge in [-0.3, -0.25) is 4.79 Å². The quantitative estimate of drug-likeness (QED) is 0.538. The number of ether oxygens (including phenoxy) is 1. The molecule has 7 heteroatoms. The molecule has 1 fully saturated rings. The van der Waals surface area contributed by atoms with Crippen LogP contribution in [0.3, 0.4) is 0 Å². The Morgan fingerprint density at radius 2 is 2.07 bits per heavy atom. The Morgan fingerprint density at radius 1 is 1.53 bits per heavy atom. The van der Waals surface area contributed by atoms with Gasteiger partial charge in [-0.05, 0) is 0 Å². The van der Waals surface area contributed by atoms with Gasteiger partial charge in [0.05, 0.1) is 19.2 Å². The number of rotatable bonds is 1. The highest BCUT2D eigenvalue weighted by Gasteiger charge is 2.53. The molecule has 0 aromatic rings. The molecule has 1 amide bonds. The van der Waals surface area contributed by atoms with Crippen molar-refractivity contribution in [2.75, 3.05) is 14.2 Å². The molecular formula is C8H8Cl3NO3. The number of esters is 1. The van der Waals surface area contributed by atoms with Gasteiger partial charge >= 0.3 is 5.97 Å². The lowest BCUT2D eigenvalue weighted by molar-refractivity contribution is -0.143. The monoisotopic (exact) mass is 271 g/mol. The van der Waals surface area contributed by atoms with E-state index in [4.69, 9.17) is 34.8 Å². The van der Waals surface area contributed by atoms with Gasteiger partial charge in [-0.1, -0.05) is 34.8 Å². The fraction of sp³-hybridized carbons (Fsp3) is 0.500. The molecule has 0 radical (unpaired) electrons. The summed E-state index contributed by atoms with van der Waals surface area (Å²) < 4.78 is 4.29. The third-order valence-corrected chi connectivity index (χ3v) is 2.99. The van der Waals surface area contributed by atoms with Crippen molar-refractivity contribution in [1.82, 2.24) is 4.90 Å². The lowest BCUT2D eigenvalue weighted by atomic mass is 10.1. The Hall–Kier alpha value is -0.450. The highest BCUT2D eigenvalue weighted by molar-refractivity contribution is 6.57. The van der Waals surface area contributed by atoms with Gasteiger partial charge < -0.3 is 9.64 Å². The Morgan fingerprint density at radius 3 is 2.47 bits per heavy atom. The maximum absolute atomic E-state index is 11.5. The number of halogens is 3. The van der Waals surface area contributed by atoms with Crippen molar-refractivity contribution >= 4 is 46.7 Å². The number of alkyl halides is 1. The molecule has 0 spiro atoms. The van der Waals surface area contributed by atoms with Crippen molar-refractivity contribution in [3.05, 3.63) is 10.2 Å². The van der Waals surface area contributed by atoms with Crippen LogP contribution in [0, 0.1) is 0 Å². The third kappa shape index (κ3) is 1.94. The molecule has 1 aliphatic rings. The van der Waals surface area contributed by atoms with Gasteiger partial charge in [0, 0.05) is 7.05 Å². The van der Waals surface area contributed by atoms with Gasteiger partial charge in [-0.25, -0.2) is 4.79 Å². The van der Waals surface area contributed by atoms with Crippen LogP contribution in [-0.4, -0.2) is 35.8 Å². The van der Waals surface area contributed by atoms with Crippen LogP contribution < -0.4 is 0 Å². The topological polar surface area (TPSA) is 46.6 Å². The molecule has 84 valence electrons. The first kappa shape index (κ1) is 12.6. The average Bonchev–Trinajstić information content (AvgIpc) is 2.37. The number of hydrogen-bond acceptors (Lipinski definition) is 3. The summed E-state index contributed by atoms with van der Waals surface area (Å²) in [6, 6.07) is 0. The van der Waals surface area contributed by atoms with Crippen LogP contribution >= 0.6 is 34.8 Å². The number of carbonyl (C=O) groups is 2. The zero-order valence-electron chi connectivity index (χ0n) is 8.01. The number of likely N-dealkylation sites (tertiary alicyclic amines) is 1. The van der Waals surface area contributed by atoms with Crippen molar-refractivity contribution in [3.8, 4) is 0 Å². The molecule has 0 saturated carbocycles. The number of hydrogen-bond donors (Lipinski definition) is 0. The van der Waals surface area contributed by atoms with Gasteiger partial charge in [0.1, 0.15) is 4.49 Å². The lowest BCUT2D eigenvalue weighted by Crippen LogP contribution is -2.34. The molecule has 0 bridgehead atoms. The molecule has 1 aliphatic heterocycles. The van der Waals surface area contributed by atoms with Gasteiger partial charge in [-0.2, -0.15) is 0 Å². The van der Waals surface area contributed by atoms with Crippen LogP contribution in [0.4, 0.5) is 0 Å². The van der Waals surface area contributed by atoms with E-state index in [0.29, 0.717) is 0 Å². The molecule has 1 rings (SSSR count). The van der Waals surface area contributed by atoms with Crippen molar-refractivity contribution in [1.29, 1.82) is 0 Å². The minimum Gasteiger partial charge on any atom is -0.467 e. The van der Waals surface area contributed by atoms with E-state index in [-0.39, 0.29) is 22.5 Å². The van der Waals surface area contributed by atoms with E-state index >= 15 is 0 Å². The van der Waals surface area contributed by atoms with Crippen LogP contribution in [0.5, 0.6) is 0 Å². The molecular weight excluding hydrogens is 264 g/mol. The summed E-state index contributed by atoms with van der Waals surface area (Å²) in [5.74, 6) is -1.10. The maximum atomic E-state index is 11.5.